The van der Waals surface area contributed by atoms with E-state index in [9.17, 15) is 4.79 Å². The number of esters is 1. The molecular formula is C29H61N3O11. The lowest BCUT2D eigenvalue weighted by Crippen LogP contribution is -2.34. The van der Waals surface area contributed by atoms with Crippen LogP contribution in [-0.4, -0.2) is 168 Å². The van der Waals surface area contributed by atoms with Crippen LogP contribution in [0.4, 0.5) is 0 Å². The first-order valence-corrected chi connectivity index (χ1v) is 15.4. The molecule has 0 aliphatic rings. The fourth-order valence-electron chi connectivity index (χ4n) is 3.26. The van der Waals surface area contributed by atoms with E-state index >= 15 is 0 Å². The van der Waals surface area contributed by atoms with Crippen LogP contribution in [0.1, 0.15) is 27.2 Å². The number of nitrogens with two attached hydrogens (primary N) is 2. The van der Waals surface area contributed by atoms with Crippen molar-refractivity contribution in [3.05, 3.63) is 0 Å². The Morgan fingerprint density at radius 3 is 1.05 bits per heavy atom. The molecule has 0 fully saturated rings. The molecule has 0 aromatic carbocycles. The summed E-state index contributed by atoms with van der Waals surface area (Å²) >= 11 is 0. The van der Waals surface area contributed by atoms with Gasteiger partial charge in [0.05, 0.1) is 125 Å². The van der Waals surface area contributed by atoms with E-state index in [0.717, 1.165) is 19.6 Å². The van der Waals surface area contributed by atoms with Gasteiger partial charge in [0.15, 0.2) is 0 Å². The lowest BCUT2D eigenvalue weighted by molar-refractivity contribution is -0.156. The first-order chi connectivity index (χ1) is 20.9. The zero-order valence-electron chi connectivity index (χ0n) is 27.1. The maximum atomic E-state index is 11.6. The molecule has 258 valence electrons. The van der Waals surface area contributed by atoms with Gasteiger partial charge in [0.2, 0.25) is 0 Å². The number of hydrogen-bond acceptors (Lipinski definition) is 14. The van der Waals surface area contributed by atoms with Gasteiger partial charge in [-0.1, -0.05) is 0 Å². The third-order valence-electron chi connectivity index (χ3n) is 5.28. The van der Waals surface area contributed by atoms with Gasteiger partial charge < -0.3 is 58.8 Å². The Labute approximate surface area is 259 Å². The van der Waals surface area contributed by atoms with E-state index in [1.807, 2.05) is 20.8 Å². The minimum Gasteiger partial charge on any atom is -0.460 e. The molecule has 0 aromatic heterocycles. The fraction of sp³-hybridized carbons (Fsp3) is 0.966. The first-order valence-electron chi connectivity index (χ1n) is 15.4. The molecular weight excluding hydrogens is 566 g/mol. The van der Waals surface area contributed by atoms with Gasteiger partial charge in [-0.2, -0.15) is 0 Å². The summed E-state index contributed by atoms with van der Waals surface area (Å²) in [6, 6.07) is 0. The summed E-state index contributed by atoms with van der Waals surface area (Å²) in [6.07, 6.45) is 0.227. The minimum absolute atomic E-state index is 0.227. The summed E-state index contributed by atoms with van der Waals surface area (Å²) < 4.78 is 54.9. The number of carbonyl (C=O) groups excluding carboxylic acids is 1. The summed E-state index contributed by atoms with van der Waals surface area (Å²) in [7, 11) is 0. The van der Waals surface area contributed by atoms with Gasteiger partial charge in [-0.15, -0.1) is 0 Å². The van der Waals surface area contributed by atoms with Crippen molar-refractivity contribution in [2.75, 3.05) is 152 Å². The fourth-order valence-corrected chi connectivity index (χ4v) is 3.26. The largest absolute Gasteiger partial charge is 0.460 e. The van der Waals surface area contributed by atoms with Crippen LogP contribution < -0.4 is 11.5 Å². The van der Waals surface area contributed by atoms with Crippen molar-refractivity contribution in [3.63, 3.8) is 0 Å². The number of nitrogens with zero attached hydrogens (tertiary/aromatic N) is 1. The van der Waals surface area contributed by atoms with E-state index < -0.39 is 5.60 Å². The maximum Gasteiger partial charge on any atom is 0.308 e. The van der Waals surface area contributed by atoms with Crippen molar-refractivity contribution in [1.29, 1.82) is 0 Å². The zero-order valence-corrected chi connectivity index (χ0v) is 27.1. The summed E-state index contributed by atoms with van der Waals surface area (Å²) in [5.41, 5.74) is 10.3. The van der Waals surface area contributed by atoms with Crippen molar-refractivity contribution < 1.29 is 52.2 Å². The van der Waals surface area contributed by atoms with Gasteiger partial charge in [0, 0.05) is 32.7 Å². The zero-order chi connectivity index (χ0) is 31.7. The normalized spacial score (nSPS) is 12.0. The molecule has 0 rings (SSSR count). The molecule has 0 saturated carbocycles. The van der Waals surface area contributed by atoms with Crippen LogP contribution in [0.15, 0.2) is 0 Å². The second-order valence-electron chi connectivity index (χ2n) is 10.3. The molecule has 4 N–H and O–H groups in total. The Morgan fingerprint density at radius 1 is 0.465 bits per heavy atom. The molecule has 0 spiro atoms. The highest BCUT2D eigenvalue weighted by atomic mass is 16.6. The Bertz CT molecular complexity index is 562. The lowest BCUT2D eigenvalue weighted by Gasteiger charge is -2.22. The highest BCUT2D eigenvalue weighted by Crippen LogP contribution is 2.08. The summed E-state index contributed by atoms with van der Waals surface area (Å²) in [6.45, 7) is 17.9. The molecule has 0 heterocycles. The van der Waals surface area contributed by atoms with Crippen molar-refractivity contribution in [3.8, 4) is 0 Å². The number of ether oxygens (including phenoxy) is 10. The topological polar surface area (TPSA) is 165 Å². The van der Waals surface area contributed by atoms with Crippen molar-refractivity contribution in [2.24, 2.45) is 11.5 Å². The van der Waals surface area contributed by atoms with Crippen molar-refractivity contribution in [1.82, 2.24) is 4.90 Å². The number of carbonyl (C=O) groups is 1. The van der Waals surface area contributed by atoms with Gasteiger partial charge in [-0.25, -0.2) is 0 Å². The van der Waals surface area contributed by atoms with E-state index in [1.54, 1.807) is 0 Å². The molecule has 0 unspecified atom stereocenters. The van der Waals surface area contributed by atoms with E-state index in [2.05, 4.69) is 4.90 Å². The van der Waals surface area contributed by atoms with E-state index in [0.29, 0.717) is 132 Å². The SMILES string of the molecule is CC(C)(C)OC(=O)CCOCCOCCOCCN(CCOCCOCCOCCN)CCOCCOCCOCCN. The third-order valence-corrected chi connectivity index (χ3v) is 5.28. The Hall–Kier alpha value is -1.01. The second kappa shape index (κ2) is 32.4. The van der Waals surface area contributed by atoms with Crippen LogP contribution in [-0.2, 0) is 52.2 Å². The van der Waals surface area contributed by atoms with Crippen LogP contribution in [0, 0.1) is 0 Å². The predicted octanol–water partition coefficient (Wildman–Crippen LogP) is 0.0870. The molecule has 0 amide bonds. The van der Waals surface area contributed by atoms with E-state index in [4.69, 9.17) is 58.8 Å². The molecule has 14 nitrogen and oxygen atoms in total. The van der Waals surface area contributed by atoms with Crippen LogP contribution in [0.3, 0.4) is 0 Å². The van der Waals surface area contributed by atoms with Gasteiger partial charge >= 0.3 is 5.97 Å². The van der Waals surface area contributed by atoms with E-state index in [-0.39, 0.29) is 12.4 Å². The van der Waals surface area contributed by atoms with Crippen molar-refractivity contribution >= 4 is 5.97 Å². The first kappa shape index (κ1) is 42.0. The molecule has 43 heavy (non-hydrogen) atoms. The summed E-state index contributed by atoms with van der Waals surface area (Å²) in [5, 5.41) is 0. The average Bonchev–Trinajstić information content (AvgIpc) is 2.96. The summed E-state index contributed by atoms with van der Waals surface area (Å²) in [4.78, 5) is 13.9. The third kappa shape index (κ3) is 35.3. The van der Waals surface area contributed by atoms with Crippen LogP contribution in [0.25, 0.3) is 0 Å². The smallest absolute Gasteiger partial charge is 0.308 e. The van der Waals surface area contributed by atoms with Crippen LogP contribution in [0.5, 0.6) is 0 Å². The number of rotatable bonds is 34. The van der Waals surface area contributed by atoms with Crippen LogP contribution in [0.2, 0.25) is 0 Å². The van der Waals surface area contributed by atoms with Crippen molar-refractivity contribution in [2.45, 2.75) is 32.8 Å². The van der Waals surface area contributed by atoms with Gasteiger partial charge in [-0.05, 0) is 20.8 Å². The Kier molecular flexibility index (Phi) is 31.6. The molecule has 0 aliphatic heterocycles. The lowest BCUT2D eigenvalue weighted by atomic mass is 10.2. The highest BCUT2D eigenvalue weighted by Gasteiger charge is 2.15. The molecule has 0 atom stereocenters. The standard InChI is InChI=1S/C29H61N3O11/c1-29(2,3)43-28(33)4-10-34-16-22-40-25-19-37-13-7-32(8-14-38-20-26-41-23-17-35-11-5-30)9-15-39-21-27-42-24-18-36-12-6-31/h4-27,30-31H2,1-3H3. The molecule has 0 saturated heterocycles. The molecule has 0 radical (unpaired) electrons. The quantitative estimate of drug-likeness (QED) is 0.0728. The van der Waals surface area contributed by atoms with Gasteiger partial charge in [0.25, 0.3) is 0 Å². The maximum absolute atomic E-state index is 11.6. The Morgan fingerprint density at radius 2 is 0.744 bits per heavy atom. The van der Waals surface area contributed by atoms with Gasteiger partial charge in [-0.3, -0.25) is 9.69 Å². The molecule has 14 heteroatoms. The summed E-state index contributed by atoms with van der Waals surface area (Å²) in [5.74, 6) is -0.266. The predicted molar refractivity (Wildman–Crippen MR) is 162 cm³/mol. The monoisotopic (exact) mass is 627 g/mol. The van der Waals surface area contributed by atoms with Gasteiger partial charge in [0.1, 0.15) is 5.60 Å². The molecule has 0 bridgehead atoms. The Balaban J connectivity index is 3.94. The highest BCUT2D eigenvalue weighted by molar-refractivity contribution is 5.69. The molecule has 0 aliphatic carbocycles. The second-order valence-corrected chi connectivity index (χ2v) is 10.3. The average molecular weight is 628 g/mol. The minimum atomic E-state index is -0.481. The molecule has 0 aromatic rings. The van der Waals surface area contributed by atoms with Crippen LogP contribution >= 0.6 is 0 Å². The van der Waals surface area contributed by atoms with E-state index in [1.165, 1.54) is 0 Å². The number of hydrogen-bond donors (Lipinski definition) is 2.